The molecule has 3 N–H and O–H groups in total. The Bertz CT molecular complexity index is 2730. The smallest absolute Gasteiger partial charge is 0.415 e. The lowest BCUT2D eigenvalue weighted by Gasteiger charge is -2.22. The van der Waals surface area contributed by atoms with Crippen LogP contribution in [0.3, 0.4) is 0 Å². The van der Waals surface area contributed by atoms with Gasteiger partial charge in [-0.05, 0) is 130 Å². The van der Waals surface area contributed by atoms with Crippen LogP contribution in [0.5, 0.6) is 46.0 Å². The van der Waals surface area contributed by atoms with Gasteiger partial charge < -0.3 is 73.0 Å². The summed E-state index contributed by atoms with van der Waals surface area (Å²) in [5.41, 5.74) is 9.09. The van der Waals surface area contributed by atoms with E-state index in [1.165, 1.54) is 19.1 Å². The van der Waals surface area contributed by atoms with Gasteiger partial charge in [0.15, 0.2) is 46.0 Å². The van der Waals surface area contributed by atoms with Crippen molar-refractivity contribution in [1.29, 1.82) is 0 Å². The van der Waals surface area contributed by atoms with Crippen molar-refractivity contribution >= 4 is 30.2 Å². The quantitative estimate of drug-likeness (QED) is 0.0786. The molecule has 20 heteroatoms. The van der Waals surface area contributed by atoms with E-state index in [1.54, 1.807) is 78.4 Å². The molecule has 416 valence electrons. The van der Waals surface area contributed by atoms with Gasteiger partial charge >= 0.3 is 30.2 Å². The summed E-state index contributed by atoms with van der Waals surface area (Å²) in [7, 11) is 9.39. The largest absolute Gasteiger partial charge is 0.493 e. The van der Waals surface area contributed by atoms with Gasteiger partial charge in [0.25, 0.3) is 0 Å². The fourth-order valence-corrected chi connectivity index (χ4v) is 9.88. The van der Waals surface area contributed by atoms with Crippen LogP contribution in [0.2, 0.25) is 0 Å². The van der Waals surface area contributed by atoms with E-state index in [2.05, 4.69) is 5.32 Å². The van der Waals surface area contributed by atoms with Gasteiger partial charge in [-0.2, -0.15) is 0 Å². The minimum absolute atomic E-state index is 0.0171. The number of hydrogen-bond acceptors (Lipinski definition) is 17. The molecule has 4 aromatic rings. The number of methoxy groups -OCH3 is 6. The van der Waals surface area contributed by atoms with Crippen molar-refractivity contribution in [3.63, 3.8) is 0 Å². The number of benzene rings is 4. The van der Waals surface area contributed by atoms with Crippen molar-refractivity contribution in [2.24, 2.45) is 29.4 Å². The zero-order chi connectivity index (χ0) is 55.4. The van der Waals surface area contributed by atoms with Crippen molar-refractivity contribution in [3.8, 4) is 46.0 Å². The van der Waals surface area contributed by atoms with Crippen LogP contribution in [0, 0.1) is 23.7 Å². The summed E-state index contributed by atoms with van der Waals surface area (Å²) in [6.45, 7) is 7.88. The van der Waals surface area contributed by atoms with Crippen molar-refractivity contribution in [2.45, 2.75) is 77.0 Å². The van der Waals surface area contributed by atoms with Crippen molar-refractivity contribution in [1.82, 2.24) is 15.1 Å². The number of amides is 3. The highest BCUT2D eigenvalue weighted by molar-refractivity contribution is 5.77. The van der Waals surface area contributed by atoms with Gasteiger partial charge in [-0.1, -0.05) is 24.3 Å². The number of carbonyl (C=O) groups excluding carboxylic acids is 5. The lowest BCUT2D eigenvalue weighted by atomic mass is 9.85. The molecular formula is C57H72N4O16. The number of nitrogens with two attached hydrogens (primary N) is 1. The molecule has 0 aromatic heterocycles. The highest BCUT2D eigenvalue weighted by atomic mass is 16.6. The summed E-state index contributed by atoms with van der Waals surface area (Å²) in [6.07, 6.45) is 2.09. The predicted octanol–water partition coefficient (Wildman–Crippen LogP) is 7.20. The number of nitrogens with zero attached hydrogens (tertiary/aromatic N) is 2. The monoisotopic (exact) mass is 1070 g/mol. The molecule has 4 heterocycles. The maximum atomic E-state index is 12.9. The first kappa shape index (κ1) is 57.1. The summed E-state index contributed by atoms with van der Waals surface area (Å²) < 4.78 is 59.8. The van der Waals surface area contributed by atoms with Crippen LogP contribution in [0.25, 0.3) is 0 Å². The minimum Gasteiger partial charge on any atom is -0.493 e. The molecule has 4 aliphatic rings. The fourth-order valence-electron chi connectivity index (χ4n) is 9.88. The number of esters is 2. The molecule has 4 aliphatic heterocycles. The van der Waals surface area contributed by atoms with Crippen molar-refractivity contribution in [2.75, 3.05) is 82.1 Å². The number of cyclic esters (lactones) is 2. The molecule has 8 rings (SSSR count). The Morgan fingerprint density at radius 3 is 1.31 bits per heavy atom. The number of alkyl carbamates (subject to hydrolysis) is 1. The summed E-state index contributed by atoms with van der Waals surface area (Å²) in [4.78, 5) is 65.8. The Hall–Kier alpha value is -7.61. The third-order valence-electron chi connectivity index (χ3n) is 13.9. The topological polar surface area (TPSA) is 231 Å². The van der Waals surface area contributed by atoms with E-state index in [4.69, 9.17) is 57.8 Å². The second-order valence-electron chi connectivity index (χ2n) is 20.5. The molecule has 0 aliphatic carbocycles. The lowest BCUT2D eigenvalue weighted by molar-refractivity contribution is -0.142. The minimum atomic E-state index is -0.603. The number of carbonyl (C=O) groups is 5. The van der Waals surface area contributed by atoms with Crippen LogP contribution >= 0.6 is 0 Å². The van der Waals surface area contributed by atoms with Gasteiger partial charge in [-0.15, -0.1) is 0 Å². The number of ether oxygens (including phenoxy) is 11. The van der Waals surface area contributed by atoms with E-state index in [-0.39, 0.29) is 53.4 Å². The van der Waals surface area contributed by atoms with Crippen LogP contribution in [0.1, 0.15) is 55.9 Å². The fraction of sp³-hybridized carbons (Fsp3) is 0.491. The highest BCUT2D eigenvalue weighted by Crippen LogP contribution is 2.38. The molecule has 0 radical (unpaired) electrons. The SMILES string of the molecule is COc1ccc(C[C@H]2COC(=O)[C@@H]2Cc2ccc(OC(=O)N3CC[C@H](N)C3)c(OC)c2)cc1OC.COc1ccc(C[C@H]2COC(=O)[C@@H]2Cc2ccc(OC(=O)N3CC[C@H](NC(=O)OC(C)(C)C)C3)c(OC)c2)cc1OC. The summed E-state index contributed by atoms with van der Waals surface area (Å²) in [5.74, 6) is 2.92. The van der Waals surface area contributed by atoms with Gasteiger partial charge in [0.05, 0.1) is 73.8 Å². The van der Waals surface area contributed by atoms with E-state index in [0.29, 0.717) is 112 Å². The molecule has 4 aromatic carbocycles. The first-order chi connectivity index (χ1) is 36.9. The zero-order valence-corrected chi connectivity index (χ0v) is 45.4. The van der Waals surface area contributed by atoms with E-state index >= 15 is 0 Å². The highest BCUT2D eigenvalue weighted by Gasteiger charge is 2.39. The third kappa shape index (κ3) is 15.1. The van der Waals surface area contributed by atoms with Gasteiger partial charge in [0, 0.05) is 44.1 Å². The van der Waals surface area contributed by atoms with Crippen molar-refractivity contribution < 1.29 is 76.1 Å². The lowest BCUT2D eigenvalue weighted by Crippen LogP contribution is -2.41. The first-order valence-electron chi connectivity index (χ1n) is 25.7. The maximum absolute atomic E-state index is 12.9. The molecule has 3 amide bonds. The van der Waals surface area contributed by atoms with Gasteiger partial charge in [-0.25, -0.2) is 14.4 Å². The molecule has 77 heavy (non-hydrogen) atoms. The van der Waals surface area contributed by atoms with Crippen LogP contribution in [-0.2, 0) is 49.5 Å². The molecule has 0 unspecified atom stereocenters. The van der Waals surface area contributed by atoms with E-state index in [0.717, 1.165) is 28.7 Å². The van der Waals surface area contributed by atoms with Gasteiger partial charge in [0.1, 0.15) is 5.60 Å². The van der Waals surface area contributed by atoms with Gasteiger partial charge in [0.2, 0.25) is 0 Å². The predicted molar refractivity (Wildman–Crippen MR) is 281 cm³/mol. The summed E-state index contributed by atoms with van der Waals surface area (Å²) in [5, 5.41) is 2.80. The molecule has 4 saturated heterocycles. The standard InChI is InChI=1S/C31H40N2O9.C26H32N2O7/c1-31(2,3)42-29(35)32-22-11-12-33(17-22)30(36)41-25-10-8-20(16-27(25)39-6)14-23-21(18-40-28(23)34)13-19-7-9-24(37-4)26(15-19)38-5;1-31-21-6-4-16(12-23(21)32-2)10-18-15-34-25(29)20(18)11-17-5-7-22(24(13-17)33-3)35-26(30)28-9-8-19(27)14-28/h7-10,15-16,21-23H,11-14,17-18H2,1-6H3,(H,32,35);4-7,12-13,18-20H,8-11,14-15,27H2,1-3H3/t21-,22-,23+;18-,19-,20+/m00/s1. The third-order valence-corrected chi connectivity index (χ3v) is 13.9. The summed E-state index contributed by atoms with van der Waals surface area (Å²) in [6, 6.07) is 21.9. The van der Waals surface area contributed by atoms with Crippen LogP contribution in [0.4, 0.5) is 14.4 Å². The molecule has 4 fully saturated rings. The first-order valence-corrected chi connectivity index (χ1v) is 25.7. The van der Waals surface area contributed by atoms with Crippen molar-refractivity contribution in [3.05, 3.63) is 95.1 Å². The second-order valence-corrected chi connectivity index (χ2v) is 20.5. The van der Waals surface area contributed by atoms with Gasteiger partial charge in [-0.3, -0.25) is 9.59 Å². The molecule has 20 nitrogen and oxygen atoms in total. The number of likely N-dealkylation sites (tertiary alicyclic amines) is 2. The van der Waals surface area contributed by atoms with E-state index in [1.807, 2.05) is 48.5 Å². The number of rotatable bonds is 17. The molecular weight excluding hydrogens is 997 g/mol. The Morgan fingerprint density at radius 1 is 0.545 bits per heavy atom. The average molecular weight is 1070 g/mol. The Kier molecular flexibility index (Phi) is 19.2. The average Bonchev–Trinajstić information content (AvgIpc) is 4.22. The van der Waals surface area contributed by atoms with Crippen LogP contribution < -0.4 is 48.9 Å². The molecule has 6 atom stereocenters. The summed E-state index contributed by atoms with van der Waals surface area (Å²) >= 11 is 0. The molecule has 0 bridgehead atoms. The van der Waals surface area contributed by atoms with Crippen LogP contribution in [-0.4, -0.2) is 140 Å². The van der Waals surface area contributed by atoms with Crippen LogP contribution in [0.15, 0.2) is 72.8 Å². The van der Waals surface area contributed by atoms with E-state index in [9.17, 15) is 24.0 Å². The molecule has 0 saturated carbocycles. The Morgan fingerprint density at radius 2 is 0.922 bits per heavy atom. The normalized spacial score (nSPS) is 20.8. The molecule has 0 spiro atoms. The maximum Gasteiger partial charge on any atom is 0.415 e. The second kappa shape index (κ2) is 26.0. The number of nitrogens with one attached hydrogen (secondary N) is 1. The Balaban J connectivity index is 0.000000227. The van der Waals surface area contributed by atoms with E-state index < -0.39 is 23.9 Å². The zero-order valence-electron chi connectivity index (χ0n) is 45.4. The Labute approximate surface area is 449 Å². The number of hydrogen-bond donors (Lipinski definition) is 2.